The van der Waals surface area contributed by atoms with Gasteiger partial charge in [0, 0.05) is 13.6 Å². The molecule has 2 N–H and O–H groups in total. The number of para-hydroxylation sites is 1. The summed E-state index contributed by atoms with van der Waals surface area (Å²) >= 11 is 0. The van der Waals surface area contributed by atoms with E-state index in [4.69, 9.17) is 4.74 Å². The van der Waals surface area contributed by atoms with Crippen LogP contribution in [0.5, 0.6) is 5.75 Å². The van der Waals surface area contributed by atoms with Gasteiger partial charge in [0.1, 0.15) is 11.9 Å². The molecule has 0 saturated heterocycles. The molecule has 0 amide bonds. The highest BCUT2D eigenvalue weighted by atomic mass is 16.5. The van der Waals surface area contributed by atoms with Gasteiger partial charge in [-0.15, -0.1) is 0 Å². The van der Waals surface area contributed by atoms with E-state index in [0.29, 0.717) is 12.5 Å². The number of nitrogens with zero attached hydrogens (tertiary/aromatic N) is 1. The van der Waals surface area contributed by atoms with E-state index in [1.54, 1.807) is 7.05 Å². The minimum atomic E-state index is 0.0833. The quantitative estimate of drug-likeness (QED) is 0.611. The number of benzene rings is 1. The molecule has 0 aliphatic carbocycles. The minimum absolute atomic E-state index is 0.0833. The maximum Gasteiger partial charge on any atom is 0.191 e. The van der Waals surface area contributed by atoms with Crippen LogP contribution in [0.25, 0.3) is 0 Å². The fourth-order valence-corrected chi connectivity index (χ4v) is 1.53. The summed E-state index contributed by atoms with van der Waals surface area (Å²) in [5.74, 6) is 2.30. The molecule has 0 saturated carbocycles. The normalized spacial score (nSPS) is 13.2. The van der Waals surface area contributed by atoms with E-state index in [9.17, 15) is 0 Å². The first kappa shape index (κ1) is 15.3. The van der Waals surface area contributed by atoms with Gasteiger partial charge in [0.15, 0.2) is 5.96 Å². The zero-order valence-corrected chi connectivity index (χ0v) is 12.3. The van der Waals surface area contributed by atoms with E-state index in [1.165, 1.54) is 0 Å². The molecule has 0 bridgehead atoms. The van der Waals surface area contributed by atoms with Crippen molar-refractivity contribution in [3.05, 3.63) is 30.3 Å². The van der Waals surface area contributed by atoms with Crippen molar-refractivity contribution in [1.29, 1.82) is 0 Å². The molecule has 4 nitrogen and oxygen atoms in total. The molecule has 1 rings (SSSR count). The Labute approximate surface area is 116 Å². The van der Waals surface area contributed by atoms with E-state index >= 15 is 0 Å². The fraction of sp³-hybridized carbons (Fsp3) is 0.533. The lowest BCUT2D eigenvalue weighted by atomic mass is 10.2. The van der Waals surface area contributed by atoms with Gasteiger partial charge in [-0.05, 0) is 25.0 Å². The maximum absolute atomic E-state index is 5.79. The highest BCUT2D eigenvalue weighted by Crippen LogP contribution is 2.10. The molecule has 0 heterocycles. The van der Waals surface area contributed by atoms with Gasteiger partial charge in [-0.3, -0.25) is 4.99 Å². The van der Waals surface area contributed by atoms with Crippen LogP contribution in [0.1, 0.15) is 20.8 Å². The number of hydrogen-bond acceptors (Lipinski definition) is 2. The number of aliphatic imine (C=N–C) groups is 1. The van der Waals surface area contributed by atoms with Gasteiger partial charge in [-0.1, -0.05) is 32.0 Å². The lowest BCUT2D eigenvalue weighted by Crippen LogP contribution is -2.42. The molecule has 1 aromatic rings. The SMILES string of the molecule is CN=C(NCC(C)C)NCC(C)Oc1ccccc1. The predicted molar refractivity (Wildman–Crippen MR) is 80.7 cm³/mol. The average molecular weight is 263 g/mol. The lowest BCUT2D eigenvalue weighted by Gasteiger charge is -2.18. The molecule has 4 heteroatoms. The number of rotatable bonds is 6. The van der Waals surface area contributed by atoms with Crippen LogP contribution in [0.15, 0.2) is 35.3 Å². The second kappa shape index (κ2) is 8.40. The van der Waals surface area contributed by atoms with E-state index < -0.39 is 0 Å². The molecule has 0 fully saturated rings. The summed E-state index contributed by atoms with van der Waals surface area (Å²) in [4.78, 5) is 4.18. The van der Waals surface area contributed by atoms with Crippen molar-refractivity contribution in [2.45, 2.75) is 26.9 Å². The Hall–Kier alpha value is -1.71. The van der Waals surface area contributed by atoms with Crippen molar-refractivity contribution in [1.82, 2.24) is 10.6 Å². The molecule has 0 radical (unpaired) electrons. The van der Waals surface area contributed by atoms with Crippen molar-refractivity contribution < 1.29 is 4.74 Å². The van der Waals surface area contributed by atoms with Crippen LogP contribution in [-0.4, -0.2) is 32.2 Å². The highest BCUT2D eigenvalue weighted by molar-refractivity contribution is 5.79. The third-order valence-corrected chi connectivity index (χ3v) is 2.54. The Kier molecular flexibility index (Phi) is 6.79. The third-order valence-electron chi connectivity index (χ3n) is 2.54. The molecule has 19 heavy (non-hydrogen) atoms. The molecule has 1 unspecified atom stereocenters. The molecular weight excluding hydrogens is 238 g/mol. The molecule has 1 aromatic carbocycles. The van der Waals surface area contributed by atoms with Crippen LogP contribution in [-0.2, 0) is 0 Å². The van der Waals surface area contributed by atoms with Gasteiger partial charge < -0.3 is 15.4 Å². The number of guanidine groups is 1. The van der Waals surface area contributed by atoms with Crippen LogP contribution in [0, 0.1) is 5.92 Å². The summed E-state index contributed by atoms with van der Waals surface area (Å²) in [5.41, 5.74) is 0. The van der Waals surface area contributed by atoms with E-state index in [-0.39, 0.29) is 6.10 Å². The van der Waals surface area contributed by atoms with Crippen LogP contribution in [0.3, 0.4) is 0 Å². The first-order chi connectivity index (χ1) is 9.11. The summed E-state index contributed by atoms with van der Waals surface area (Å²) in [6.07, 6.45) is 0.0833. The summed E-state index contributed by atoms with van der Waals surface area (Å²) < 4.78 is 5.79. The van der Waals surface area contributed by atoms with Gasteiger partial charge in [-0.25, -0.2) is 0 Å². The van der Waals surface area contributed by atoms with E-state index in [2.05, 4.69) is 29.5 Å². The molecule has 0 aromatic heterocycles. The smallest absolute Gasteiger partial charge is 0.191 e. The maximum atomic E-state index is 5.79. The Morgan fingerprint density at radius 1 is 1.11 bits per heavy atom. The second-order valence-electron chi connectivity index (χ2n) is 4.97. The number of hydrogen-bond donors (Lipinski definition) is 2. The Balaban J connectivity index is 2.30. The highest BCUT2D eigenvalue weighted by Gasteiger charge is 2.05. The Morgan fingerprint density at radius 3 is 2.32 bits per heavy atom. The Morgan fingerprint density at radius 2 is 1.74 bits per heavy atom. The molecule has 106 valence electrons. The zero-order chi connectivity index (χ0) is 14.1. The second-order valence-corrected chi connectivity index (χ2v) is 4.97. The molecule has 0 spiro atoms. The van der Waals surface area contributed by atoms with Crippen LogP contribution in [0.4, 0.5) is 0 Å². The van der Waals surface area contributed by atoms with Gasteiger partial charge in [0.05, 0.1) is 6.54 Å². The van der Waals surface area contributed by atoms with Crippen molar-refractivity contribution in [3.63, 3.8) is 0 Å². The molecular formula is C15H25N3O. The summed E-state index contributed by atoms with van der Waals surface area (Å²) in [7, 11) is 1.78. The molecule has 1 atom stereocenters. The molecule has 0 aliphatic rings. The van der Waals surface area contributed by atoms with Crippen molar-refractivity contribution in [3.8, 4) is 5.75 Å². The van der Waals surface area contributed by atoms with Gasteiger partial charge >= 0.3 is 0 Å². The number of nitrogens with one attached hydrogen (secondary N) is 2. The van der Waals surface area contributed by atoms with Crippen molar-refractivity contribution in [2.75, 3.05) is 20.1 Å². The van der Waals surface area contributed by atoms with Crippen molar-refractivity contribution >= 4 is 5.96 Å². The number of ether oxygens (including phenoxy) is 1. The summed E-state index contributed by atoms with van der Waals surface area (Å²) in [6, 6.07) is 9.84. The lowest BCUT2D eigenvalue weighted by molar-refractivity contribution is 0.224. The van der Waals surface area contributed by atoms with Gasteiger partial charge in [-0.2, -0.15) is 0 Å². The van der Waals surface area contributed by atoms with Gasteiger partial charge in [0.2, 0.25) is 0 Å². The largest absolute Gasteiger partial charge is 0.489 e. The Bertz CT molecular complexity index is 376. The zero-order valence-electron chi connectivity index (χ0n) is 12.3. The standard InChI is InChI=1S/C15H25N3O/c1-12(2)10-17-15(16-4)18-11-13(3)19-14-8-6-5-7-9-14/h5-9,12-13H,10-11H2,1-4H3,(H2,16,17,18). The van der Waals surface area contributed by atoms with Crippen molar-refractivity contribution in [2.24, 2.45) is 10.9 Å². The topological polar surface area (TPSA) is 45.7 Å². The van der Waals surface area contributed by atoms with Crippen LogP contribution < -0.4 is 15.4 Å². The minimum Gasteiger partial charge on any atom is -0.489 e. The van der Waals surface area contributed by atoms with E-state index in [0.717, 1.165) is 18.3 Å². The molecule has 0 aliphatic heterocycles. The summed E-state index contributed by atoms with van der Waals surface area (Å²) in [5, 5.41) is 6.53. The van der Waals surface area contributed by atoms with Crippen LogP contribution >= 0.6 is 0 Å². The first-order valence-corrected chi connectivity index (χ1v) is 6.78. The average Bonchev–Trinajstić information content (AvgIpc) is 2.39. The van der Waals surface area contributed by atoms with Gasteiger partial charge in [0.25, 0.3) is 0 Å². The first-order valence-electron chi connectivity index (χ1n) is 6.78. The van der Waals surface area contributed by atoms with Crippen LogP contribution in [0.2, 0.25) is 0 Å². The third kappa shape index (κ3) is 6.70. The van der Waals surface area contributed by atoms with E-state index in [1.807, 2.05) is 37.3 Å². The summed E-state index contributed by atoms with van der Waals surface area (Å²) in [6.45, 7) is 8.00. The monoisotopic (exact) mass is 263 g/mol. The predicted octanol–water partition coefficient (Wildman–Crippen LogP) is 2.27. The fourth-order valence-electron chi connectivity index (χ4n) is 1.53.